The third kappa shape index (κ3) is 4.24. The summed E-state index contributed by atoms with van der Waals surface area (Å²) in [6.45, 7) is 2.32. The van der Waals surface area contributed by atoms with Gasteiger partial charge in [-0.25, -0.2) is 12.8 Å². The second kappa shape index (κ2) is 8.80. The normalized spacial score (nSPS) is 19.0. The van der Waals surface area contributed by atoms with E-state index in [4.69, 9.17) is 11.6 Å². The van der Waals surface area contributed by atoms with Crippen LogP contribution < -0.4 is 10.2 Å². The number of carbonyl (C=O) groups is 2. The zero-order valence-corrected chi connectivity index (χ0v) is 19.0. The van der Waals surface area contributed by atoms with Crippen LogP contribution in [0, 0.1) is 5.82 Å². The molecule has 2 aromatic carbocycles. The van der Waals surface area contributed by atoms with Gasteiger partial charge in [-0.3, -0.25) is 14.5 Å². The van der Waals surface area contributed by atoms with E-state index in [0.717, 1.165) is 25.3 Å². The number of fused-ring (bicyclic) bond motifs is 1. The van der Waals surface area contributed by atoms with E-state index in [2.05, 4.69) is 5.32 Å². The molecule has 0 spiro atoms. The van der Waals surface area contributed by atoms with Crippen molar-refractivity contribution in [2.45, 2.75) is 43.5 Å². The van der Waals surface area contributed by atoms with Gasteiger partial charge in [0.05, 0.1) is 15.6 Å². The Morgan fingerprint density at radius 2 is 1.81 bits per heavy atom. The maximum atomic E-state index is 13.3. The number of carbonyl (C=O) groups excluding carboxylic acids is 2. The highest BCUT2D eigenvalue weighted by atomic mass is 35.5. The van der Waals surface area contributed by atoms with E-state index in [0.29, 0.717) is 24.3 Å². The number of nitrogens with one attached hydrogen (secondary N) is 1. The van der Waals surface area contributed by atoms with Gasteiger partial charge in [0, 0.05) is 32.1 Å². The summed E-state index contributed by atoms with van der Waals surface area (Å²) in [5.41, 5.74) is 1.33. The lowest BCUT2D eigenvalue weighted by Gasteiger charge is -2.26. The average Bonchev–Trinajstić information content (AvgIpc) is 3.15. The summed E-state index contributed by atoms with van der Waals surface area (Å²) in [5, 5.41) is 2.68. The summed E-state index contributed by atoms with van der Waals surface area (Å²) in [6.07, 6.45) is 2.83. The fraction of sp³-hybridized carbons (Fsp3) is 0.364. The van der Waals surface area contributed by atoms with E-state index >= 15 is 0 Å². The zero-order chi connectivity index (χ0) is 23.0. The minimum Gasteiger partial charge on any atom is -0.323 e. The van der Waals surface area contributed by atoms with Gasteiger partial charge in [0.25, 0.3) is 0 Å². The Hall–Kier alpha value is -2.49. The van der Waals surface area contributed by atoms with Gasteiger partial charge in [-0.15, -0.1) is 0 Å². The summed E-state index contributed by atoms with van der Waals surface area (Å²) in [6, 6.07) is 7.33. The van der Waals surface area contributed by atoms with Crippen molar-refractivity contribution >= 4 is 44.8 Å². The number of anilines is 2. The molecule has 0 aromatic heterocycles. The Labute approximate surface area is 191 Å². The van der Waals surface area contributed by atoms with Gasteiger partial charge in [-0.05, 0) is 54.8 Å². The van der Waals surface area contributed by atoms with E-state index in [9.17, 15) is 22.4 Å². The molecule has 32 heavy (non-hydrogen) atoms. The topological polar surface area (TPSA) is 86.8 Å². The molecule has 2 aliphatic heterocycles. The Bertz CT molecular complexity index is 1180. The first-order valence-electron chi connectivity index (χ1n) is 10.4. The number of halogens is 2. The van der Waals surface area contributed by atoms with Crippen molar-refractivity contribution in [1.29, 1.82) is 0 Å². The summed E-state index contributed by atoms with van der Waals surface area (Å²) in [4.78, 5) is 26.8. The van der Waals surface area contributed by atoms with Crippen LogP contribution in [0.5, 0.6) is 0 Å². The zero-order valence-electron chi connectivity index (χ0n) is 17.5. The van der Waals surface area contributed by atoms with Crippen molar-refractivity contribution in [3.63, 3.8) is 0 Å². The van der Waals surface area contributed by atoms with Gasteiger partial charge >= 0.3 is 0 Å². The van der Waals surface area contributed by atoms with Crippen LogP contribution in [0.2, 0.25) is 5.02 Å². The van der Waals surface area contributed by atoms with Crippen LogP contribution >= 0.6 is 11.6 Å². The number of piperidine rings is 1. The minimum atomic E-state index is -3.64. The first-order valence-corrected chi connectivity index (χ1v) is 12.2. The molecule has 1 saturated heterocycles. The lowest BCUT2D eigenvalue weighted by molar-refractivity contribution is -0.122. The fourth-order valence-corrected chi connectivity index (χ4v) is 6.03. The van der Waals surface area contributed by atoms with Crippen LogP contribution in [0.15, 0.2) is 41.3 Å². The van der Waals surface area contributed by atoms with E-state index in [-0.39, 0.29) is 27.9 Å². The molecule has 170 valence electrons. The van der Waals surface area contributed by atoms with Crippen LogP contribution in [0.4, 0.5) is 15.8 Å². The lowest BCUT2D eigenvalue weighted by atomic mass is 10.1. The van der Waals surface area contributed by atoms with Crippen molar-refractivity contribution in [2.24, 2.45) is 0 Å². The first kappa shape index (κ1) is 22.7. The number of benzene rings is 2. The van der Waals surface area contributed by atoms with Crippen LogP contribution in [0.1, 0.15) is 31.7 Å². The molecule has 1 atom stereocenters. The van der Waals surface area contributed by atoms with Crippen LogP contribution in [0.25, 0.3) is 0 Å². The van der Waals surface area contributed by atoms with Gasteiger partial charge in [0.2, 0.25) is 21.8 Å². The highest BCUT2D eigenvalue weighted by Crippen LogP contribution is 2.36. The molecule has 2 heterocycles. The number of amides is 2. The number of hydrogen-bond donors (Lipinski definition) is 1. The summed E-state index contributed by atoms with van der Waals surface area (Å²) in [5.74, 6) is -1.37. The molecular weight excluding hydrogens is 457 g/mol. The first-order chi connectivity index (χ1) is 15.2. The predicted octanol–water partition coefficient (Wildman–Crippen LogP) is 3.57. The van der Waals surface area contributed by atoms with Crippen molar-refractivity contribution in [1.82, 2.24) is 4.31 Å². The Morgan fingerprint density at radius 3 is 2.47 bits per heavy atom. The molecule has 1 N–H and O–H groups in total. The third-order valence-electron chi connectivity index (χ3n) is 5.82. The number of rotatable bonds is 4. The monoisotopic (exact) mass is 479 g/mol. The predicted molar refractivity (Wildman–Crippen MR) is 120 cm³/mol. The molecular formula is C22H23ClFN3O4S. The van der Waals surface area contributed by atoms with Crippen molar-refractivity contribution in [3.05, 3.63) is 52.8 Å². The maximum Gasteiger partial charge on any atom is 0.247 e. The largest absolute Gasteiger partial charge is 0.323 e. The van der Waals surface area contributed by atoms with Crippen molar-refractivity contribution in [3.8, 4) is 0 Å². The quantitative estimate of drug-likeness (QED) is 0.726. The third-order valence-corrected chi connectivity index (χ3v) is 8.03. The Kier molecular flexibility index (Phi) is 6.24. The molecule has 2 aliphatic rings. The van der Waals surface area contributed by atoms with Crippen LogP contribution in [-0.4, -0.2) is 43.7 Å². The Morgan fingerprint density at radius 1 is 1.09 bits per heavy atom. The molecule has 7 nitrogen and oxygen atoms in total. The van der Waals surface area contributed by atoms with E-state index in [1.807, 2.05) is 0 Å². The fourth-order valence-electron chi connectivity index (χ4n) is 4.25. The molecule has 0 unspecified atom stereocenters. The molecule has 1 fully saturated rings. The summed E-state index contributed by atoms with van der Waals surface area (Å²) >= 11 is 6.01. The molecule has 0 saturated carbocycles. The highest BCUT2D eigenvalue weighted by molar-refractivity contribution is 7.89. The molecule has 0 aliphatic carbocycles. The smallest absolute Gasteiger partial charge is 0.247 e. The van der Waals surface area contributed by atoms with Crippen LogP contribution in [0.3, 0.4) is 0 Å². The van der Waals surface area contributed by atoms with E-state index < -0.39 is 27.8 Å². The van der Waals surface area contributed by atoms with Gasteiger partial charge in [-0.2, -0.15) is 4.31 Å². The second-order valence-corrected chi connectivity index (χ2v) is 10.3. The Balaban J connectivity index is 1.61. The number of hydrogen-bond acceptors (Lipinski definition) is 4. The van der Waals surface area contributed by atoms with Gasteiger partial charge < -0.3 is 5.32 Å². The highest BCUT2D eigenvalue weighted by Gasteiger charge is 2.38. The molecule has 4 rings (SSSR count). The minimum absolute atomic E-state index is 0.0400. The molecule has 10 heteroatoms. The second-order valence-electron chi connectivity index (χ2n) is 7.98. The SMILES string of the molecule is CC(=O)N1c2ccc(S(=O)(=O)N3CCCCC3)cc2C[C@@H]1C(=O)Nc1ccc(F)cc1Cl. The van der Waals surface area contributed by atoms with Gasteiger partial charge in [0.15, 0.2) is 0 Å². The molecule has 0 bridgehead atoms. The van der Waals surface area contributed by atoms with Crippen molar-refractivity contribution in [2.75, 3.05) is 23.3 Å². The average molecular weight is 480 g/mol. The lowest BCUT2D eigenvalue weighted by Crippen LogP contribution is -2.44. The van der Waals surface area contributed by atoms with Gasteiger partial charge in [0.1, 0.15) is 11.9 Å². The standard InChI is InChI=1S/C22H23ClFN3O4S/c1-14(28)27-20-8-6-17(32(30,31)26-9-3-2-4-10-26)11-15(20)12-21(27)22(29)25-19-7-5-16(24)13-18(19)23/h5-8,11,13,21H,2-4,9-10,12H2,1H3,(H,25,29)/t21-/m1/s1. The number of nitrogens with zero attached hydrogens (tertiary/aromatic N) is 2. The molecule has 0 radical (unpaired) electrons. The van der Waals surface area contributed by atoms with E-state index in [1.54, 1.807) is 12.1 Å². The molecule has 2 aromatic rings. The van der Waals surface area contributed by atoms with E-state index in [1.165, 1.54) is 34.3 Å². The van der Waals surface area contributed by atoms with Crippen molar-refractivity contribution < 1.29 is 22.4 Å². The summed E-state index contributed by atoms with van der Waals surface area (Å²) < 4.78 is 40.9. The number of sulfonamides is 1. The maximum absolute atomic E-state index is 13.3. The summed E-state index contributed by atoms with van der Waals surface area (Å²) in [7, 11) is -3.64. The molecule has 2 amide bonds. The van der Waals surface area contributed by atoms with Gasteiger partial charge in [-0.1, -0.05) is 18.0 Å². The van der Waals surface area contributed by atoms with Crippen LogP contribution in [-0.2, 0) is 26.0 Å².